The van der Waals surface area contributed by atoms with E-state index < -0.39 is 0 Å². The quantitative estimate of drug-likeness (QED) is 0.885. The van der Waals surface area contributed by atoms with E-state index in [9.17, 15) is 0 Å². The number of halogens is 1. The van der Waals surface area contributed by atoms with Crippen LogP contribution in [0.1, 0.15) is 32.8 Å². The van der Waals surface area contributed by atoms with Gasteiger partial charge in [-0.3, -0.25) is 4.90 Å². The number of hydrogen-bond donors (Lipinski definition) is 1. The first-order chi connectivity index (χ1) is 8.31. The molecule has 0 radical (unpaired) electrons. The van der Waals surface area contributed by atoms with E-state index in [1.807, 2.05) is 18.2 Å². The zero-order chi connectivity index (χ0) is 13.8. The molecule has 0 bridgehead atoms. The Labute approximate surface area is 116 Å². The maximum atomic E-state index is 6.01. The predicted octanol–water partition coefficient (Wildman–Crippen LogP) is 3.54. The van der Waals surface area contributed by atoms with Gasteiger partial charge < -0.3 is 5.73 Å². The highest BCUT2D eigenvalue weighted by molar-refractivity contribution is 6.30. The molecule has 1 rings (SSSR count). The fraction of sp³-hybridized carbons (Fsp3) is 0.600. The van der Waals surface area contributed by atoms with Crippen LogP contribution in [0.25, 0.3) is 0 Å². The lowest BCUT2D eigenvalue weighted by Gasteiger charge is -2.32. The number of benzene rings is 1. The Hall–Kier alpha value is -0.570. The third kappa shape index (κ3) is 5.38. The molecule has 0 aliphatic rings. The SMILES string of the molecule is CN(Cc1cccc(Cl)c1)C(CN)CC(C)(C)C. The minimum Gasteiger partial charge on any atom is -0.329 e. The molecule has 102 valence electrons. The lowest BCUT2D eigenvalue weighted by atomic mass is 9.87. The zero-order valence-electron chi connectivity index (χ0n) is 11.9. The fourth-order valence-electron chi connectivity index (χ4n) is 2.18. The van der Waals surface area contributed by atoms with Crippen LogP contribution >= 0.6 is 11.6 Å². The van der Waals surface area contributed by atoms with Gasteiger partial charge in [0.1, 0.15) is 0 Å². The van der Waals surface area contributed by atoms with E-state index in [-0.39, 0.29) is 0 Å². The molecule has 1 atom stereocenters. The number of hydrogen-bond acceptors (Lipinski definition) is 2. The van der Waals surface area contributed by atoms with Crippen LogP contribution < -0.4 is 5.73 Å². The van der Waals surface area contributed by atoms with Crippen molar-refractivity contribution < 1.29 is 0 Å². The van der Waals surface area contributed by atoms with Crippen molar-refractivity contribution in [3.05, 3.63) is 34.9 Å². The Bertz CT molecular complexity index is 371. The molecule has 2 nitrogen and oxygen atoms in total. The maximum absolute atomic E-state index is 6.01. The van der Waals surface area contributed by atoms with Crippen molar-refractivity contribution in [1.29, 1.82) is 0 Å². The van der Waals surface area contributed by atoms with Crippen molar-refractivity contribution in [2.45, 2.75) is 39.8 Å². The summed E-state index contributed by atoms with van der Waals surface area (Å²) >= 11 is 6.01. The standard InChI is InChI=1S/C15H25ClN2/c1-15(2,3)9-14(10-17)18(4)11-12-6-5-7-13(16)8-12/h5-8,14H,9-11,17H2,1-4H3. The highest BCUT2D eigenvalue weighted by Gasteiger charge is 2.21. The van der Waals surface area contributed by atoms with Crippen molar-refractivity contribution in [1.82, 2.24) is 4.90 Å². The molecule has 1 unspecified atom stereocenters. The molecule has 0 saturated heterocycles. The van der Waals surface area contributed by atoms with Gasteiger partial charge in [-0.1, -0.05) is 44.5 Å². The van der Waals surface area contributed by atoms with Crippen molar-refractivity contribution in [3.8, 4) is 0 Å². The van der Waals surface area contributed by atoms with Gasteiger partial charge in [0.15, 0.2) is 0 Å². The van der Waals surface area contributed by atoms with Crippen LogP contribution in [0.4, 0.5) is 0 Å². The summed E-state index contributed by atoms with van der Waals surface area (Å²) in [6, 6.07) is 8.42. The molecular weight excluding hydrogens is 244 g/mol. The molecule has 1 aromatic rings. The van der Waals surface area contributed by atoms with Crippen LogP contribution in [0.2, 0.25) is 5.02 Å². The van der Waals surface area contributed by atoms with Gasteiger partial charge >= 0.3 is 0 Å². The van der Waals surface area contributed by atoms with Crippen LogP contribution in [0.15, 0.2) is 24.3 Å². The number of likely N-dealkylation sites (N-methyl/N-ethyl adjacent to an activating group) is 1. The molecule has 0 amide bonds. The normalized spacial score (nSPS) is 13.9. The Morgan fingerprint density at radius 1 is 1.33 bits per heavy atom. The molecule has 0 aliphatic carbocycles. The largest absolute Gasteiger partial charge is 0.329 e. The van der Waals surface area contributed by atoms with Crippen molar-refractivity contribution in [2.75, 3.05) is 13.6 Å². The van der Waals surface area contributed by atoms with Crippen molar-refractivity contribution >= 4 is 11.6 Å². The molecule has 18 heavy (non-hydrogen) atoms. The van der Waals surface area contributed by atoms with E-state index in [1.165, 1.54) is 5.56 Å². The average molecular weight is 269 g/mol. The van der Waals surface area contributed by atoms with Gasteiger partial charge in [0.05, 0.1) is 0 Å². The maximum Gasteiger partial charge on any atom is 0.0409 e. The summed E-state index contributed by atoms with van der Waals surface area (Å²) in [4.78, 5) is 2.32. The minimum atomic E-state index is 0.298. The zero-order valence-corrected chi connectivity index (χ0v) is 12.7. The molecule has 0 saturated carbocycles. The summed E-state index contributed by atoms with van der Waals surface area (Å²) in [6.07, 6.45) is 1.10. The van der Waals surface area contributed by atoms with E-state index >= 15 is 0 Å². The minimum absolute atomic E-state index is 0.298. The molecule has 2 N–H and O–H groups in total. The van der Waals surface area contributed by atoms with Gasteiger partial charge in [-0.2, -0.15) is 0 Å². The van der Waals surface area contributed by atoms with Gasteiger partial charge in [-0.05, 0) is 36.6 Å². The molecule has 0 aliphatic heterocycles. The summed E-state index contributed by atoms with van der Waals surface area (Å²) in [5, 5.41) is 0.793. The van der Waals surface area contributed by atoms with Gasteiger partial charge in [0, 0.05) is 24.2 Å². The van der Waals surface area contributed by atoms with Gasteiger partial charge in [0.2, 0.25) is 0 Å². The van der Waals surface area contributed by atoms with Crippen molar-refractivity contribution in [2.24, 2.45) is 11.1 Å². The molecule has 0 heterocycles. The summed E-state index contributed by atoms with van der Waals surface area (Å²) in [5.74, 6) is 0. The third-order valence-electron chi connectivity index (χ3n) is 3.06. The van der Waals surface area contributed by atoms with Gasteiger partial charge in [-0.15, -0.1) is 0 Å². The van der Waals surface area contributed by atoms with Crippen LogP contribution in [0.3, 0.4) is 0 Å². The first kappa shape index (κ1) is 15.5. The van der Waals surface area contributed by atoms with E-state index in [0.717, 1.165) is 18.0 Å². The number of nitrogens with two attached hydrogens (primary N) is 1. The third-order valence-corrected chi connectivity index (χ3v) is 3.30. The Balaban J connectivity index is 2.65. The second kappa shape index (κ2) is 6.55. The molecule has 0 aromatic heterocycles. The first-order valence-electron chi connectivity index (χ1n) is 6.46. The molecule has 0 spiro atoms. The number of rotatable bonds is 5. The predicted molar refractivity (Wildman–Crippen MR) is 79.8 cm³/mol. The topological polar surface area (TPSA) is 29.3 Å². The average Bonchev–Trinajstić information content (AvgIpc) is 2.24. The number of nitrogens with zero attached hydrogens (tertiary/aromatic N) is 1. The van der Waals surface area contributed by atoms with E-state index in [0.29, 0.717) is 18.0 Å². The summed E-state index contributed by atoms with van der Waals surface area (Å²) in [7, 11) is 2.13. The van der Waals surface area contributed by atoms with Crippen LogP contribution in [-0.4, -0.2) is 24.5 Å². The monoisotopic (exact) mass is 268 g/mol. The Morgan fingerprint density at radius 2 is 2.00 bits per heavy atom. The van der Waals surface area contributed by atoms with E-state index in [4.69, 9.17) is 17.3 Å². The fourth-order valence-corrected chi connectivity index (χ4v) is 2.39. The van der Waals surface area contributed by atoms with E-state index in [1.54, 1.807) is 0 Å². The molecular formula is C15H25ClN2. The first-order valence-corrected chi connectivity index (χ1v) is 6.84. The smallest absolute Gasteiger partial charge is 0.0409 e. The molecule has 0 fully saturated rings. The van der Waals surface area contributed by atoms with E-state index in [2.05, 4.69) is 38.8 Å². The lowest BCUT2D eigenvalue weighted by Crippen LogP contribution is -2.40. The van der Waals surface area contributed by atoms with Crippen LogP contribution in [0.5, 0.6) is 0 Å². The summed E-state index contributed by atoms with van der Waals surface area (Å²) in [6.45, 7) is 8.33. The van der Waals surface area contributed by atoms with Crippen LogP contribution in [-0.2, 0) is 6.54 Å². The Morgan fingerprint density at radius 3 is 2.50 bits per heavy atom. The van der Waals surface area contributed by atoms with Gasteiger partial charge in [0.25, 0.3) is 0 Å². The lowest BCUT2D eigenvalue weighted by molar-refractivity contribution is 0.177. The summed E-state index contributed by atoms with van der Waals surface area (Å²) in [5.41, 5.74) is 7.43. The van der Waals surface area contributed by atoms with Gasteiger partial charge in [-0.25, -0.2) is 0 Å². The molecule has 1 aromatic carbocycles. The highest BCUT2D eigenvalue weighted by atomic mass is 35.5. The van der Waals surface area contributed by atoms with Crippen molar-refractivity contribution in [3.63, 3.8) is 0 Å². The Kier molecular flexibility index (Phi) is 5.64. The second-order valence-corrected chi connectivity index (χ2v) is 6.64. The molecule has 3 heteroatoms. The second-order valence-electron chi connectivity index (χ2n) is 6.20. The highest BCUT2D eigenvalue weighted by Crippen LogP contribution is 2.23. The summed E-state index contributed by atoms with van der Waals surface area (Å²) < 4.78 is 0. The van der Waals surface area contributed by atoms with Crippen LogP contribution in [0, 0.1) is 5.41 Å².